The van der Waals surface area contributed by atoms with Crippen molar-refractivity contribution < 1.29 is 28.5 Å². The minimum absolute atomic E-state index is 0.178. The van der Waals surface area contributed by atoms with E-state index in [0.29, 0.717) is 23.0 Å². The zero-order valence-corrected chi connectivity index (χ0v) is 16.3. The van der Waals surface area contributed by atoms with E-state index in [1.165, 1.54) is 6.92 Å². The van der Waals surface area contributed by atoms with Gasteiger partial charge in [-0.25, -0.2) is 0 Å². The molecular formula is C22H24O6. The lowest BCUT2D eigenvalue weighted by Gasteiger charge is -2.26. The van der Waals surface area contributed by atoms with Gasteiger partial charge in [0.15, 0.2) is 29.1 Å². The van der Waals surface area contributed by atoms with Crippen molar-refractivity contribution in [3.05, 3.63) is 60.2 Å². The standard InChI is InChI=1S/C22H24O6/c1-5-6-16-7-9-19(20(11-16)24-4)27-14(2)22(28-15(3)23)17-8-10-18-21(12-17)26-13-25-18/h5,7-12,14,22H,1,6,13H2,2-4H3/t14-,22+/m0/s1. The van der Waals surface area contributed by atoms with Gasteiger partial charge in [-0.1, -0.05) is 18.2 Å². The zero-order chi connectivity index (χ0) is 20.1. The number of esters is 1. The summed E-state index contributed by atoms with van der Waals surface area (Å²) in [6.45, 7) is 7.14. The molecule has 0 saturated heterocycles. The summed E-state index contributed by atoms with van der Waals surface area (Å²) in [5.41, 5.74) is 1.83. The largest absolute Gasteiger partial charge is 0.493 e. The molecule has 2 aromatic rings. The number of hydrogen-bond acceptors (Lipinski definition) is 6. The summed E-state index contributed by atoms with van der Waals surface area (Å²) in [5, 5.41) is 0. The maximum atomic E-state index is 11.7. The minimum atomic E-state index is -0.621. The van der Waals surface area contributed by atoms with E-state index in [1.807, 2.05) is 37.3 Å². The Morgan fingerprint density at radius 1 is 1.18 bits per heavy atom. The van der Waals surface area contributed by atoms with Crippen LogP contribution in [0.1, 0.15) is 31.1 Å². The quantitative estimate of drug-likeness (QED) is 0.501. The fourth-order valence-electron chi connectivity index (χ4n) is 3.07. The lowest BCUT2D eigenvalue weighted by molar-refractivity contribution is -0.151. The molecule has 0 aromatic heterocycles. The average molecular weight is 384 g/mol. The Morgan fingerprint density at radius 3 is 2.68 bits per heavy atom. The first-order valence-electron chi connectivity index (χ1n) is 9.03. The van der Waals surface area contributed by atoms with Gasteiger partial charge in [0.1, 0.15) is 6.10 Å². The highest BCUT2D eigenvalue weighted by atomic mass is 16.7. The van der Waals surface area contributed by atoms with Crippen molar-refractivity contribution >= 4 is 5.97 Å². The Labute approximate surface area is 164 Å². The van der Waals surface area contributed by atoms with E-state index in [1.54, 1.807) is 19.2 Å². The van der Waals surface area contributed by atoms with Crippen LogP contribution >= 0.6 is 0 Å². The number of hydrogen-bond donors (Lipinski definition) is 0. The maximum absolute atomic E-state index is 11.7. The molecule has 3 rings (SSSR count). The molecule has 148 valence electrons. The van der Waals surface area contributed by atoms with Crippen molar-refractivity contribution in [1.29, 1.82) is 0 Å². The van der Waals surface area contributed by atoms with Crippen LogP contribution in [0.2, 0.25) is 0 Å². The second-order valence-corrected chi connectivity index (χ2v) is 6.44. The lowest BCUT2D eigenvalue weighted by Crippen LogP contribution is -2.26. The van der Waals surface area contributed by atoms with Crippen molar-refractivity contribution in [3.63, 3.8) is 0 Å². The van der Waals surface area contributed by atoms with Crippen molar-refractivity contribution in [2.75, 3.05) is 13.9 Å². The molecule has 2 aromatic carbocycles. The fraction of sp³-hybridized carbons (Fsp3) is 0.318. The number of fused-ring (bicyclic) bond motifs is 1. The predicted molar refractivity (Wildman–Crippen MR) is 104 cm³/mol. The molecule has 0 aliphatic carbocycles. The topological polar surface area (TPSA) is 63.2 Å². The first kappa shape index (κ1) is 19.6. The van der Waals surface area contributed by atoms with Crippen molar-refractivity contribution in [1.82, 2.24) is 0 Å². The van der Waals surface area contributed by atoms with Crippen LogP contribution in [0.15, 0.2) is 49.1 Å². The highest BCUT2D eigenvalue weighted by Crippen LogP contribution is 2.37. The van der Waals surface area contributed by atoms with Crippen molar-refractivity contribution in [2.45, 2.75) is 32.5 Å². The molecule has 1 aliphatic heterocycles. The Morgan fingerprint density at radius 2 is 1.96 bits per heavy atom. The van der Waals surface area contributed by atoms with Crippen molar-refractivity contribution in [3.8, 4) is 23.0 Å². The molecule has 0 amide bonds. The molecule has 0 spiro atoms. The molecular weight excluding hydrogens is 360 g/mol. The van der Waals surface area contributed by atoms with Crippen molar-refractivity contribution in [2.24, 2.45) is 0 Å². The molecule has 6 heteroatoms. The van der Waals surface area contributed by atoms with Crippen LogP contribution in [0.4, 0.5) is 0 Å². The number of carbonyl (C=O) groups is 1. The number of carbonyl (C=O) groups excluding carboxylic acids is 1. The van der Waals surface area contributed by atoms with Gasteiger partial charge in [0.2, 0.25) is 6.79 Å². The van der Waals surface area contributed by atoms with Gasteiger partial charge in [-0.05, 0) is 43.2 Å². The first-order valence-corrected chi connectivity index (χ1v) is 9.03. The van der Waals surface area contributed by atoms with Gasteiger partial charge >= 0.3 is 5.97 Å². The van der Waals surface area contributed by atoms with Crippen LogP contribution in [0.5, 0.6) is 23.0 Å². The summed E-state index contributed by atoms with van der Waals surface area (Å²) in [6, 6.07) is 11.1. The van der Waals surface area contributed by atoms with Gasteiger partial charge in [-0.2, -0.15) is 0 Å². The molecule has 0 radical (unpaired) electrons. The summed E-state index contributed by atoms with van der Waals surface area (Å²) in [7, 11) is 1.59. The van der Waals surface area contributed by atoms with Crippen LogP contribution in [0.25, 0.3) is 0 Å². The zero-order valence-electron chi connectivity index (χ0n) is 16.3. The maximum Gasteiger partial charge on any atom is 0.303 e. The van der Waals surface area contributed by atoms with Crippen LogP contribution in [0.3, 0.4) is 0 Å². The van der Waals surface area contributed by atoms with Gasteiger partial charge < -0.3 is 23.7 Å². The second-order valence-electron chi connectivity index (χ2n) is 6.44. The second kappa shape index (κ2) is 8.69. The monoisotopic (exact) mass is 384 g/mol. The van der Waals surface area contributed by atoms with Gasteiger partial charge in [-0.15, -0.1) is 6.58 Å². The molecule has 28 heavy (non-hydrogen) atoms. The molecule has 0 bridgehead atoms. The molecule has 0 N–H and O–H groups in total. The number of benzene rings is 2. The molecule has 0 unspecified atom stereocenters. The summed E-state index contributed by atoms with van der Waals surface area (Å²) in [5.74, 6) is 2.07. The van der Waals surface area contributed by atoms with Crippen LogP contribution in [-0.2, 0) is 16.0 Å². The molecule has 1 heterocycles. The summed E-state index contributed by atoms with van der Waals surface area (Å²) in [4.78, 5) is 11.7. The number of methoxy groups -OCH3 is 1. The average Bonchev–Trinajstić information content (AvgIpc) is 3.15. The molecule has 1 aliphatic rings. The van der Waals surface area contributed by atoms with Crippen LogP contribution in [-0.4, -0.2) is 26.0 Å². The minimum Gasteiger partial charge on any atom is -0.493 e. The highest BCUT2D eigenvalue weighted by Gasteiger charge is 2.27. The normalized spacial score (nSPS) is 14.1. The van der Waals surface area contributed by atoms with Gasteiger partial charge in [-0.3, -0.25) is 4.79 Å². The summed E-state index contributed by atoms with van der Waals surface area (Å²) >= 11 is 0. The van der Waals surface area contributed by atoms with E-state index in [-0.39, 0.29) is 6.79 Å². The van der Waals surface area contributed by atoms with Crippen LogP contribution < -0.4 is 18.9 Å². The Hall–Kier alpha value is -3.15. The summed E-state index contributed by atoms with van der Waals surface area (Å²) < 4.78 is 27.9. The van der Waals surface area contributed by atoms with E-state index in [4.69, 9.17) is 23.7 Å². The molecule has 0 fully saturated rings. The Balaban J connectivity index is 1.85. The van der Waals surface area contributed by atoms with Gasteiger partial charge in [0.05, 0.1) is 7.11 Å². The predicted octanol–water partition coefficient (Wildman–Crippen LogP) is 4.22. The van der Waals surface area contributed by atoms with Crippen LogP contribution in [0, 0.1) is 0 Å². The Bertz CT molecular complexity index is 860. The first-order chi connectivity index (χ1) is 13.5. The third kappa shape index (κ3) is 4.39. The van der Waals surface area contributed by atoms with E-state index in [0.717, 1.165) is 17.5 Å². The van der Waals surface area contributed by atoms with E-state index in [9.17, 15) is 4.79 Å². The lowest BCUT2D eigenvalue weighted by atomic mass is 10.0. The number of allylic oxidation sites excluding steroid dienone is 1. The SMILES string of the molecule is C=CCc1ccc(O[C@@H](C)[C@@H](OC(C)=O)c2ccc3c(c2)OCO3)c(OC)c1. The Kier molecular flexibility index (Phi) is 6.09. The highest BCUT2D eigenvalue weighted by molar-refractivity contribution is 5.66. The van der Waals surface area contributed by atoms with E-state index < -0.39 is 18.2 Å². The fourth-order valence-corrected chi connectivity index (χ4v) is 3.07. The van der Waals surface area contributed by atoms with E-state index >= 15 is 0 Å². The number of ether oxygens (including phenoxy) is 5. The van der Waals surface area contributed by atoms with Gasteiger partial charge in [0.25, 0.3) is 0 Å². The third-order valence-electron chi connectivity index (χ3n) is 4.37. The van der Waals surface area contributed by atoms with E-state index in [2.05, 4.69) is 6.58 Å². The smallest absolute Gasteiger partial charge is 0.303 e. The molecule has 2 atom stereocenters. The third-order valence-corrected chi connectivity index (χ3v) is 4.37. The molecule has 6 nitrogen and oxygen atoms in total. The number of rotatable bonds is 8. The van der Waals surface area contributed by atoms with Gasteiger partial charge in [0, 0.05) is 12.5 Å². The molecule has 0 saturated carbocycles. The summed E-state index contributed by atoms with van der Waals surface area (Å²) in [6.07, 6.45) is 1.47.